The van der Waals surface area contributed by atoms with E-state index in [1.54, 1.807) is 20.2 Å². The first-order valence-corrected chi connectivity index (χ1v) is 39.5. The highest BCUT2D eigenvalue weighted by Crippen LogP contribution is 2.32. The van der Waals surface area contributed by atoms with Crippen molar-refractivity contribution in [3.8, 4) is 5.75 Å². The molecule has 0 aliphatic carbocycles. The SMILES string of the molecule is CC(=O)c1cn(C)c2ccccc12.CCc1cn(C)c2ccccc12.COC(=O)c1cn(C)c2ccccc12.COc1ccc2c(ccn2C)c1.Cc1c(C)n(C)c2ccccc12.Cc1ccc2c(c1)c(C)cn2C.Cc1ccc2c(c1)c1cc(C)ccc1n2C.Cc1cn(C)c2ccccc12.Cn1c2ccccc2c2ccccc21. The van der Waals surface area contributed by atoms with E-state index >= 15 is 0 Å². The molecule has 0 saturated carbocycles. The van der Waals surface area contributed by atoms with Gasteiger partial charge in [-0.2, -0.15) is 0 Å². The van der Waals surface area contributed by atoms with Gasteiger partial charge in [0.05, 0.1) is 19.8 Å². The number of methoxy groups -OCH3 is 2. The number of esters is 1. The molecule has 0 radical (unpaired) electrons. The Bertz CT molecular complexity index is 6700. The molecule has 0 fully saturated rings. The van der Waals surface area contributed by atoms with Crippen LogP contribution < -0.4 is 4.74 Å². The van der Waals surface area contributed by atoms with Crippen LogP contribution in [-0.2, 0) is 74.6 Å². The Morgan fingerprint density at radius 3 is 1.13 bits per heavy atom. The second kappa shape index (κ2) is 36.3. The highest BCUT2D eigenvalue weighted by atomic mass is 16.5. The molecular weight excluding hydrogens is 1430 g/mol. The van der Waals surface area contributed by atoms with E-state index in [1.165, 1.54) is 150 Å². The number of carbonyl (C=O) groups excluding carboxylic acids is 2. The Balaban J connectivity index is 0.000000121. The summed E-state index contributed by atoms with van der Waals surface area (Å²) in [5, 5.41) is 14.1. The normalized spacial score (nSPS) is 10.9. The minimum absolute atomic E-state index is 0.122. The van der Waals surface area contributed by atoms with Gasteiger partial charge in [0, 0.05) is 232 Å². The van der Waals surface area contributed by atoms with Crippen LogP contribution >= 0.6 is 0 Å². The van der Waals surface area contributed by atoms with Gasteiger partial charge < -0.3 is 50.6 Å². The van der Waals surface area contributed by atoms with E-state index in [0.29, 0.717) is 5.56 Å². The first-order valence-electron chi connectivity index (χ1n) is 39.5. The zero-order valence-electron chi connectivity index (χ0n) is 71.0. The lowest BCUT2D eigenvalue weighted by Crippen LogP contribution is -1.99. The Hall–Kier alpha value is -13.3. The first kappa shape index (κ1) is 82.2. The highest BCUT2D eigenvalue weighted by molar-refractivity contribution is 6.10. The van der Waals surface area contributed by atoms with Crippen molar-refractivity contribution < 1.29 is 19.1 Å². The van der Waals surface area contributed by atoms with Gasteiger partial charge in [-0.25, -0.2) is 4.79 Å². The Labute approximate surface area is 681 Å². The fourth-order valence-corrected chi connectivity index (χ4v) is 15.9. The molecule has 13 nitrogen and oxygen atoms in total. The number of ether oxygens (including phenoxy) is 2. The molecule has 0 bridgehead atoms. The largest absolute Gasteiger partial charge is 0.497 e. The molecule has 9 heterocycles. The molecule has 0 aliphatic rings. The zero-order valence-corrected chi connectivity index (χ0v) is 71.0. The van der Waals surface area contributed by atoms with Crippen LogP contribution in [0.25, 0.3) is 120 Å². The summed E-state index contributed by atoms with van der Waals surface area (Å²) >= 11 is 0. The Kier molecular flexibility index (Phi) is 25.7. The molecule has 9 aromatic heterocycles. The molecule has 11 aromatic carbocycles. The number of aromatic nitrogens is 9. The van der Waals surface area contributed by atoms with E-state index < -0.39 is 0 Å². The average molecular weight is 1540 g/mol. The maximum Gasteiger partial charge on any atom is 0.340 e. The molecule has 0 amide bonds. The molecule has 0 spiro atoms. The maximum absolute atomic E-state index is 11.4. The molecule has 20 rings (SSSR count). The molecule has 116 heavy (non-hydrogen) atoms. The van der Waals surface area contributed by atoms with Crippen molar-refractivity contribution in [3.05, 3.63) is 342 Å². The Morgan fingerprint density at radius 1 is 0.310 bits per heavy atom. The van der Waals surface area contributed by atoms with E-state index in [4.69, 9.17) is 9.47 Å². The third-order valence-corrected chi connectivity index (χ3v) is 22.3. The second-order valence-corrected chi connectivity index (χ2v) is 30.2. The summed E-state index contributed by atoms with van der Waals surface area (Å²) in [7, 11) is 21.6. The predicted molar refractivity (Wildman–Crippen MR) is 492 cm³/mol. The number of carbonyl (C=O) groups is 2. The van der Waals surface area contributed by atoms with E-state index in [-0.39, 0.29) is 11.8 Å². The van der Waals surface area contributed by atoms with Crippen LogP contribution in [0.5, 0.6) is 5.75 Å². The van der Waals surface area contributed by atoms with Crippen molar-refractivity contribution >= 4 is 132 Å². The van der Waals surface area contributed by atoms with Crippen LogP contribution in [-0.4, -0.2) is 67.1 Å². The smallest absolute Gasteiger partial charge is 0.340 e. The van der Waals surface area contributed by atoms with Crippen molar-refractivity contribution in [2.24, 2.45) is 63.4 Å². The van der Waals surface area contributed by atoms with E-state index in [2.05, 4.69) is 336 Å². The molecular formula is C103H109N9O4. The predicted octanol–water partition coefficient (Wildman–Crippen LogP) is 24.6. The van der Waals surface area contributed by atoms with Crippen molar-refractivity contribution in [1.82, 2.24) is 41.1 Å². The van der Waals surface area contributed by atoms with Crippen LogP contribution in [0.1, 0.15) is 79.2 Å². The molecule has 0 unspecified atom stereocenters. The van der Waals surface area contributed by atoms with Crippen LogP contribution in [0.15, 0.2) is 286 Å². The lowest BCUT2D eigenvalue weighted by Gasteiger charge is -1.99. The number of aryl methyl sites for hydroxylation is 16. The number of hydrogen-bond acceptors (Lipinski definition) is 4. The second-order valence-electron chi connectivity index (χ2n) is 30.2. The van der Waals surface area contributed by atoms with Crippen LogP contribution in [0.3, 0.4) is 0 Å². The van der Waals surface area contributed by atoms with E-state index in [1.807, 2.05) is 103 Å². The summed E-state index contributed by atoms with van der Waals surface area (Å²) in [4.78, 5) is 22.7. The summed E-state index contributed by atoms with van der Waals surface area (Å²) in [6.07, 6.45) is 13.4. The third kappa shape index (κ3) is 17.6. The third-order valence-electron chi connectivity index (χ3n) is 22.3. The van der Waals surface area contributed by atoms with Crippen molar-refractivity contribution in [3.63, 3.8) is 0 Å². The van der Waals surface area contributed by atoms with Gasteiger partial charge in [-0.1, -0.05) is 169 Å². The fraction of sp³-hybridized carbons (Fsp3) is 0.204. The first-order chi connectivity index (χ1) is 55.8. The van der Waals surface area contributed by atoms with Crippen molar-refractivity contribution in [1.29, 1.82) is 0 Å². The average Bonchev–Trinajstić information content (AvgIpc) is 1.61. The molecule has 590 valence electrons. The minimum Gasteiger partial charge on any atom is -0.497 e. The molecule has 0 N–H and O–H groups in total. The lowest BCUT2D eigenvalue weighted by atomic mass is 10.1. The zero-order chi connectivity index (χ0) is 82.8. The standard InChI is InChI=1S/C15H15N.C13H11N.C11H11NO2.C11H11NO.3C11H13N.C10H11NO.C10H11N/c1-10-4-6-14-12(8-10)13-9-11(2)5-7-15(13)16(14)3;1-14-12-8-4-2-6-10(12)11-7-3-5-9-13(11)14;1-12-7-9(11(13)14-2)8-5-3-4-6-10(8)12;1-8(13)10-7-12(2)11-6-4-3-5-9(10)11;1-8-4-5-11-10(6-8)9(2)7-12(11)3;1-8-9(2)12(3)11-7-5-4-6-10(8)11;1-3-9-8-12(2)11-7-5-4-6-10(9)11;1-11-6-5-8-7-9(12-2)3-4-10(8)11;1-8-7-11(2)10-6-4-3-5-9(8)10/h4-9H,1-3H3;2-9H,1H3;3-7H,1-2H3;3-7H,1-2H3;2*4-7H,1-3H3;4-8H,3H2,1-2H3;3-7H,1-2H3;3-7H,1-2H3. The van der Waals surface area contributed by atoms with Crippen LogP contribution in [0.2, 0.25) is 0 Å². The van der Waals surface area contributed by atoms with Gasteiger partial charge in [-0.15, -0.1) is 0 Å². The quantitative estimate of drug-likeness (QED) is 0.129. The molecule has 0 aliphatic heterocycles. The fourth-order valence-electron chi connectivity index (χ4n) is 15.9. The number of nitrogens with zero attached hydrogens (tertiary/aromatic N) is 9. The van der Waals surface area contributed by atoms with E-state index in [0.717, 1.165) is 39.5 Å². The van der Waals surface area contributed by atoms with Gasteiger partial charge in [0.25, 0.3) is 0 Å². The summed E-state index contributed by atoms with van der Waals surface area (Å²) in [6, 6.07) is 86.3. The van der Waals surface area contributed by atoms with Gasteiger partial charge in [-0.3, -0.25) is 4.79 Å². The molecule has 20 aromatic rings. The van der Waals surface area contributed by atoms with Gasteiger partial charge >= 0.3 is 5.97 Å². The lowest BCUT2D eigenvalue weighted by molar-refractivity contribution is 0.0602. The number of rotatable bonds is 4. The van der Waals surface area contributed by atoms with Crippen LogP contribution in [0.4, 0.5) is 0 Å². The maximum atomic E-state index is 11.4. The van der Waals surface area contributed by atoms with Gasteiger partial charge in [0.1, 0.15) is 5.75 Å². The molecule has 0 saturated heterocycles. The summed E-state index contributed by atoms with van der Waals surface area (Å²) in [6.45, 7) is 18.9. The van der Waals surface area contributed by atoms with Crippen LogP contribution in [0, 0.1) is 48.5 Å². The summed E-state index contributed by atoms with van der Waals surface area (Å²) in [5.74, 6) is 0.743. The van der Waals surface area contributed by atoms with Crippen molar-refractivity contribution in [2.75, 3.05) is 14.2 Å². The van der Waals surface area contributed by atoms with Gasteiger partial charge in [-0.05, 0) is 187 Å². The van der Waals surface area contributed by atoms with Gasteiger partial charge in [0.2, 0.25) is 0 Å². The number of benzene rings is 11. The number of Topliss-reactive ketones (excluding diaryl/α,β-unsaturated/α-hetero) is 1. The monoisotopic (exact) mass is 1540 g/mol. The molecule has 13 heteroatoms. The summed E-state index contributed by atoms with van der Waals surface area (Å²) < 4.78 is 29.1. The molecule has 0 atom stereocenters. The van der Waals surface area contributed by atoms with Gasteiger partial charge in [0.15, 0.2) is 5.78 Å². The van der Waals surface area contributed by atoms with Crippen molar-refractivity contribution in [2.45, 2.75) is 68.7 Å². The van der Waals surface area contributed by atoms with E-state index in [9.17, 15) is 9.59 Å². The number of fused-ring (bicyclic) bond motifs is 13. The summed E-state index contributed by atoms with van der Waals surface area (Å²) in [5.41, 5.74) is 26.2. The highest BCUT2D eigenvalue weighted by Gasteiger charge is 2.15. The minimum atomic E-state index is -0.290. The Morgan fingerprint density at radius 2 is 0.664 bits per heavy atom. The number of para-hydroxylation sites is 7. The topological polar surface area (TPSA) is 97.0 Å². The number of ketones is 1. The number of hydrogen-bond donors (Lipinski definition) is 0.